The summed E-state index contributed by atoms with van der Waals surface area (Å²) >= 11 is 13.2. The highest BCUT2D eigenvalue weighted by Gasteiger charge is 2.37. The van der Waals surface area contributed by atoms with Crippen LogP contribution in [0.2, 0.25) is 5.02 Å². The first-order valence-electron chi connectivity index (χ1n) is 7.07. The highest BCUT2D eigenvalue weighted by molar-refractivity contribution is 7.80. The van der Waals surface area contributed by atoms with Crippen molar-refractivity contribution in [2.45, 2.75) is 31.2 Å². The van der Waals surface area contributed by atoms with Gasteiger partial charge in [0.1, 0.15) is 0 Å². The Hall–Kier alpha value is -1.10. The molecule has 0 amide bonds. The van der Waals surface area contributed by atoms with E-state index in [1.807, 2.05) is 24.3 Å². The Labute approximate surface area is 139 Å². The van der Waals surface area contributed by atoms with E-state index in [1.165, 1.54) is 17.7 Å². The average Bonchev–Trinajstić information content (AvgIpc) is 3.12. The smallest absolute Gasteiger partial charge is 0.171 e. The van der Waals surface area contributed by atoms with Gasteiger partial charge in [0, 0.05) is 15.6 Å². The summed E-state index contributed by atoms with van der Waals surface area (Å²) in [4.78, 5) is 1.38. The summed E-state index contributed by atoms with van der Waals surface area (Å²) in [7, 11) is 0. The van der Waals surface area contributed by atoms with E-state index in [1.54, 1.807) is 11.3 Å². The number of hydrogen-bond donors (Lipinski definition) is 2. The maximum Gasteiger partial charge on any atom is 0.171 e. The van der Waals surface area contributed by atoms with Gasteiger partial charge in [0.2, 0.25) is 0 Å². The van der Waals surface area contributed by atoms with Crippen LogP contribution in [-0.4, -0.2) is 5.11 Å². The van der Waals surface area contributed by atoms with Gasteiger partial charge in [-0.2, -0.15) is 0 Å². The van der Waals surface area contributed by atoms with Crippen LogP contribution in [-0.2, 0) is 5.54 Å². The summed E-state index contributed by atoms with van der Waals surface area (Å²) in [5, 5.41) is 10.3. The van der Waals surface area contributed by atoms with Crippen LogP contribution in [0.15, 0.2) is 41.8 Å². The average molecular weight is 337 g/mol. The molecular weight excluding hydrogens is 320 g/mol. The molecular formula is C16H17ClN2S2. The lowest BCUT2D eigenvalue weighted by molar-refractivity contribution is 0.417. The molecule has 3 rings (SSSR count). The first-order chi connectivity index (χ1) is 10.2. The molecule has 1 aromatic heterocycles. The van der Waals surface area contributed by atoms with E-state index >= 15 is 0 Å². The third-order valence-corrected chi connectivity index (χ3v) is 5.43. The SMILES string of the molecule is S=C(Nc1ccc(Cl)cc1)NC1(c2cccs2)CCCC1. The summed E-state index contributed by atoms with van der Waals surface area (Å²) in [6.45, 7) is 0. The molecule has 0 bridgehead atoms. The number of halogens is 1. The van der Waals surface area contributed by atoms with Crippen LogP contribution in [0.5, 0.6) is 0 Å². The molecule has 1 heterocycles. The Morgan fingerprint density at radius 1 is 1.14 bits per heavy atom. The van der Waals surface area contributed by atoms with Crippen LogP contribution < -0.4 is 10.6 Å². The van der Waals surface area contributed by atoms with E-state index in [4.69, 9.17) is 23.8 Å². The molecule has 2 N–H and O–H groups in total. The first-order valence-corrected chi connectivity index (χ1v) is 8.73. The highest BCUT2D eigenvalue weighted by atomic mass is 35.5. The van der Waals surface area contributed by atoms with Gasteiger partial charge in [0.15, 0.2) is 5.11 Å². The van der Waals surface area contributed by atoms with Crippen molar-refractivity contribution in [3.63, 3.8) is 0 Å². The van der Waals surface area contributed by atoms with E-state index in [0.717, 1.165) is 23.6 Å². The van der Waals surface area contributed by atoms with Gasteiger partial charge in [-0.15, -0.1) is 11.3 Å². The van der Waals surface area contributed by atoms with E-state index < -0.39 is 0 Å². The van der Waals surface area contributed by atoms with Crippen LogP contribution in [0.1, 0.15) is 30.6 Å². The highest BCUT2D eigenvalue weighted by Crippen LogP contribution is 2.40. The summed E-state index contributed by atoms with van der Waals surface area (Å²) in [5.41, 5.74) is 0.959. The normalized spacial score (nSPS) is 16.6. The topological polar surface area (TPSA) is 24.1 Å². The second kappa shape index (κ2) is 6.34. The molecule has 0 aliphatic heterocycles. The van der Waals surface area contributed by atoms with Gasteiger partial charge in [-0.25, -0.2) is 0 Å². The number of thiocarbonyl (C=S) groups is 1. The number of anilines is 1. The van der Waals surface area contributed by atoms with E-state index in [2.05, 4.69) is 28.1 Å². The van der Waals surface area contributed by atoms with Crippen molar-refractivity contribution in [1.82, 2.24) is 5.32 Å². The number of nitrogens with one attached hydrogen (secondary N) is 2. The van der Waals surface area contributed by atoms with Crippen LogP contribution in [0, 0.1) is 0 Å². The van der Waals surface area contributed by atoms with Gasteiger partial charge in [-0.05, 0) is 60.8 Å². The van der Waals surface area contributed by atoms with Crippen molar-refractivity contribution in [2.75, 3.05) is 5.32 Å². The second-order valence-electron chi connectivity index (χ2n) is 5.35. The maximum atomic E-state index is 5.90. The van der Waals surface area contributed by atoms with E-state index in [-0.39, 0.29) is 5.54 Å². The van der Waals surface area contributed by atoms with Crippen LogP contribution in [0.25, 0.3) is 0 Å². The Morgan fingerprint density at radius 2 is 1.86 bits per heavy atom. The standard InChI is InChI=1S/C16H17ClN2S2/c17-12-5-7-13(8-6-12)18-15(20)19-16(9-1-2-10-16)14-4-3-11-21-14/h3-8,11H,1-2,9-10H2,(H2,18,19,20). The zero-order valence-electron chi connectivity index (χ0n) is 11.6. The fourth-order valence-electron chi connectivity index (χ4n) is 2.88. The summed E-state index contributed by atoms with van der Waals surface area (Å²) in [6.07, 6.45) is 4.76. The van der Waals surface area contributed by atoms with Crippen LogP contribution in [0.3, 0.4) is 0 Å². The zero-order valence-corrected chi connectivity index (χ0v) is 14.0. The van der Waals surface area contributed by atoms with Gasteiger partial charge >= 0.3 is 0 Å². The Bertz CT molecular complexity index is 602. The molecule has 5 heteroatoms. The molecule has 1 aliphatic rings. The molecule has 1 aliphatic carbocycles. The lowest BCUT2D eigenvalue weighted by atomic mass is 9.96. The summed E-state index contributed by atoms with van der Waals surface area (Å²) in [5.74, 6) is 0. The maximum absolute atomic E-state index is 5.90. The molecule has 1 aromatic carbocycles. The van der Waals surface area contributed by atoms with Crippen LogP contribution in [0.4, 0.5) is 5.69 Å². The molecule has 2 aromatic rings. The van der Waals surface area contributed by atoms with Gasteiger partial charge in [0.05, 0.1) is 5.54 Å². The number of hydrogen-bond acceptors (Lipinski definition) is 2. The third-order valence-electron chi connectivity index (χ3n) is 3.90. The van der Waals surface area contributed by atoms with Gasteiger partial charge in [0.25, 0.3) is 0 Å². The van der Waals surface area contributed by atoms with Gasteiger partial charge in [-0.1, -0.05) is 30.5 Å². The lowest BCUT2D eigenvalue weighted by Crippen LogP contribution is -2.45. The van der Waals surface area contributed by atoms with Gasteiger partial charge in [-0.3, -0.25) is 0 Å². The predicted molar refractivity (Wildman–Crippen MR) is 95.3 cm³/mol. The third kappa shape index (κ3) is 3.39. The molecule has 1 saturated carbocycles. The van der Waals surface area contributed by atoms with Crippen molar-refractivity contribution in [1.29, 1.82) is 0 Å². The van der Waals surface area contributed by atoms with Crippen LogP contribution >= 0.6 is 35.2 Å². The fourth-order valence-corrected chi connectivity index (χ4v) is 4.26. The number of rotatable bonds is 3. The minimum Gasteiger partial charge on any atom is -0.352 e. The van der Waals surface area contributed by atoms with Crippen molar-refractivity contribution >= 4 is 46.0 Å². The fraction of sp³-hybridized carbons (Fsp3) is 0.312. The second-order valence-corrected chi connectivity index (χ2v) is 7.14. The Balaban J connectivity index is 1.71. The Morgan fingerprint density at radius 3 is 2.48 bits per heavy atom. The molecule has 0 radical (unpaired) electrons. The lowest BCUT2D eigenvalue weighted by Gasteiger charge is -2.31. The molecule has 0 unspecified atom stereocenters. The zero-order chi connectivity index (χ0) is 14.7. The molecule has 0 spiro atoms. The molecule has 21 heavy (non-hydrogen) atoms. The van der Waals surface area contributed by atoms with Gasteiger partial charge < -0.3 is 10.6 Å². The largest absolute Gasteiger partial charge is 0.352 e. The summed E-state index contributed by atoms with van der Waals surface area (Å²) < 4.78 is 0. The molecule has 1 fully saturated rings. The molecule has 0 saturated heterocycles. The number of benzene rings is 1. The quantitative estimate of drug-likeness (QED) is 0.757. The monoisotopic (exact) mass is 336 g/mol. The molecule has 2 nitrogen and oxygen atoms in total. The molecule has 110 valence electrons. The Kier molecular flexibility index (Phi) is 4.48. The van der Waals surface area contributed by atoms with Crippen molar-refractivity contribution in [3.05, 3.63) is 51.7 Å². The number of thiophene rings is 1. The van der Waals surface area contributed by atoms with E-state index in [0.29, 0.717) is 5.11 Å². The minimum atomic E-state index is 0.00464. The minimum absolute atomic E-state index is 0.00464. The van der Waals surface area contributed by atoms with Crippen molar-refractivity contribution < 1.29 is 0 Å². The van der Waals surface area contributed by atoms with Crippen molar-refractivity contribution in [2.24, 2.45) is 0 Å². The first kappa shape index (κ1) is 14.8. The van der Waals surface area contributed by atoms with E-state index in [9.17, 15) is 0 Å². The molecule has 0 atom stereocenters. The summed E-state index contributed by atoms with van der Waals surface area (Å²) in [6, 6.07) is 11.9. The van der Waals surface area contributed by atoms with Crippen molar-refractivity contribution in [3.8, 4) is 0 Å². The predicted octanol–water partition coefficient (Wildman–Crippen LogP) is 5.16.